The molecule has 1 aromatic rings. The first-order valence-electron chi connectivity index (χ1n) is 7.96. The van der Waals surface area contributed by atoms with Gasteiger partial charge >= 0.3 is 0 Å². The smallest absolute Gasteiger partial charge is 0.122 e. The van der Waals surface area contributed by atoms with Gasteiger partial charge in [0.1, 0.15) is 5.75 Å². The molecule has 0 bridgehead atoms. The topological polar surface area (TPSA) is 38.5 Å². The summed E-state index contributed by atoms with van der Waals surface area (Å²) in [6, 6.07) is 9.47. The Morgan fingerprint density at radius 2 is 2.05 bits per heavy atom. The summed E-state index contributed by atoms with van der Waals surface area (Å²) in [6.45, 7) is 6.86. The molecular weight excluding hydrogens is 260 g/mol. The summed E-state index contributed by atoms with van der Waals surface area (Å²) in [5, 5.41) is 0. The van der Waals surface area contributed by atoms with Crippen molar-refractivity contribution >= 4 is 0 Å². The van der Waals surface area contributed by atoms with Crippen molar-refractivity contribution in [1.82, 2.24) is 4.90 Å². The molecule has 3 nitrogen and oxygen atoms in total. The van der Waals surface area contributed by atoms with Crippen LogP contribution in [0.4, 0.5) is 0 Å². The molecule has 3 heteroatoms. The van der Waals surface area contributed by atoms with Crippen LogP contribution in [0.1, 0.15) is 39.2 Å². The van der Waals surface area contributed by atoms with Gasteiger partial charge in [0, 0.05) is 18.1 Å². The molecule has 0 heterocycles. The van der Waals surface area contributed by atoms with Crippen LogP contribution < -0.4 is 10.5 Å². The Balaban J connectivity index is 2.05. The first kappa shape index (κ1) is 16.3. The molecule has 0 radical (unpaired) electrons. The third kappa shape index (κ3) is 3.41. The molecule has 118 valence electrons. The van der Waals surface area contributed by atoms with Crippen molar-refractivity contribution in [2.24, 2.45) is 11.1 Å². The van der Waals surface area contributed by atoms with Crippen LogP contribution in [0, 0.1) is 5.41 Å². The molecule has 0 spiro atoms. The second-order valence-electron chi connectivity index (χ2n) is 7.15. The number of hydrogen-bond donors (Lipinski definition) is 1. The molecule has 0 saturated heterocycles. The van der Waals surface area contributed by atoms with Gasteiger partial charge in [-0.25, -0.2) is 0 Å². The third-order valence-corrected chi connectivity index (χ3v) is 5.33. The van der Waals surface area contributed by atoms with Crippen molar-refractivity contribution < 1.29 is 4.74 Å². The number of likely N-dealkylation sites (N-methyl/N-ethyl adjacent to an activating group) is 1. The predicted molar refractivity (Wildman–Crippen MR) is 88.7 cm³/mol. The first-order valence-corrected chi connectivity index (χ1v) is 7.96. The molecule has 2 rings (SSSR count). The lowest BCUT2D eigenvalue weighted by molar-refractivity contribution is 0.153. The van der Waals surface area contributed by atoms with E-state index in [9.17, 15) is 0 Å². The summed E-state index contributed by atoms with van der Waals surface area (Å²) >= 11 is 0. The van der Waals surface area contributed by atoms with E-state index in [2.05, 4.69) is 44.9 Å². The fourth-order valence-corrected chi connectivity index (χ4v) is 3.50. The molecule has 0 amide bonds. The van der Waals surface area contributed by atoms with Gasteiger partial charge in [-0.2, -0.15) is 0 Å². The van der Waals surface area contributed by atoms with Gasteiger partial charge in [0.2, 0.25) is 0 Å². The van der Waals surface area contributed by atoms with Gasteiger partial charge in [0.05, 0.1) is 7.11 Å². The minimum absolute atomic E-state index is 0.252. The molecule has 1 fully saturated rings. The highest BCUT2D eigenvalue weighted by Crippen LogP contribution is 2.39. The van der Waals surface area contributed by atoms with E-state index in [-0.39, 0.29) is 11.5 Å². The minimum atomic E-state index is 0.252. The number of para-hydroxylation sites is 1. The molecule has 2 N–H and O–H groups in total. The number of methoxy groups -OCH3 is 1. The second kappa shape index (κ2) is 6.37. The Labute approximate surface area is 129 Å². The normalized spacial score (nSPS) is 26.0. The number of benzene rings is 1. The maximum atomic E-state index is 6.48. The largest absolute Gasteiger partial charge is 0.496 e. The van der Waals surface area contributed by atoms with Gasteiger partial charge in [-0.3, -0.25) is 4.90 Å². The van der Waals surface area contributed by atoms with Crippen LogP contribution in [0.3, 0.4) is 0 Å². The maximum absolute atomic E-state index is 6.48. The average Bonchev–Trinajstić information content (AvgIpc) is 2.73. The van der Waals surface area contributed by atoms with Crippen molar-refractivity contribution in [2.75, 3.05) is 14.2 Å². The average molecular weight is 290 g/mol. The van der Waals surface area contributed by atoms with Crippen LogP contribution >= 0.6 is 0 Å². The second-order valence-corrected chi connectivity index (χ2v) is 7.15. The summed E-state index contributed by atoms with van der Waals surface area (Å²) in [7, 11) is 3.95. The predicted octanol–water partition coefficient (Wildman–Crippen LogP) is 3.07. The Morgan fingerprint density at radius 3 is 2.62 bits per heavy atom. The lowest BCUT2D eigenvalue weighted by atomic mass is 9.87. The van der Waals surface area contributed by atoms with Crippen molar-refractivity contribution in [3.05, 3.63) is 29.8 Å². The van der Waals surface area contributed by atoms with E-state index in [1.54, 1.807) is 7.11 Å². The van der Waals surface area contributed by atoms with E-state index in [0.717, 1.165) is 12.2 Å². The molecule has 1 aliphatic carbocycles. The Morgan fingerprint density at radius 1 is 1.38 bits per heavy atom. The zero-order chi connectivity index (χ0) is 15.6. The first-order chi connectivity index (χ1) is 9.86. The number of hydrogen-bond acceptors (Lipinski definition) is 3. The van der Waals surface area contributed by atoms with Crippen LogP contribution in [-0.2, 0) is 6.42 Å². The quantitative estimate of drug-likeness (QED) is 0.905. The Bertz CT molecular complexity index is 472. The van der Waals surface area contributed by atoms with Crippen molar-refractivity contribution in [3.63, 3.8) is 0 Å². The molecule has 1 aromatic carbocycles. The standard InChI is InChI=1S/C18H30N2O/c1-13(12-14-8-6-7-9-16(14)21-5)20(4)15-10-11-18(2,3)17(15)19/h6-9,13,15,17H,10-12,19H2,1-5H3. The summed E-state index contributed by atoms with van der Waals surface area (Å²) < 4.78 is 5.46. The van der Waals surface area contributed by atoms with Crippen LogP contribution in [0.2, 0.25) is 0 Å². The van der Waals surface area contributed by atoms with Gasteiger partial charge < -0.3 is 10.5 Å². The zero-order valence-electron chi connectivity index (χ0n) is 14.1. The van der Waals surface area contributed by atoms with Crippen LogP contribution in [-0.4, -0.2) is 37.2 Å². The maximum Gasteiger partial charge on any atom is 0.122 e. The number of ether oxygens (including phenoxy) is 1. The molecule has 1 aliphatic rings. The molecule has 21 heavy (non-hydrogen) atoms. The number of rotatable bonds is 5. The highest BCUT2D eigenvalue weighted by molar-refractivity contribution is 5.33. The van der Waals surface area contributed by atoms with Crippen LogP contribution in [0.15, 0.2) is 24.3 Å². The van der Waals surface area contributed by atoms with Crippen molar-refractivity contribution in [1.29, 1.82) is 0 Å². The van der Waals surface area contributed by atoms with E-state index in [0.29, 0.717) is 12.1 Å². The fraction of sp³-hybridized carbons (Fsp3) is 0.667. The summed E-state index contributed by atoms with van der Waals surface area (Å²) in [6.07, 6.45) is 3.40. The molecule has 3 unspecified atom stereocenters. The van der Waals surface area contributed by atoms with Gasteiger partial charge in [-0.15, -0.1) is 0 Å². The SMILES string of the molecule is COc1ccccc1CC(C)N(C)C1CCC(C)(C)C1N. The fourth-order valence-electron chi connectivity index (χ4n) is 3.50. The molecule has 0 aliphatic heterocycles. The van der Waals surface area contributed by atoms with Gasteiger partial charge in [-0.1, -0.05) is 32.0 Å². The Hall–Kier alpha value is -1.06. The van der Waals surface area contributed by atoms with E-state index in [1.165, 1.54) is 18.4 Å². The molecule has 3 atom stereocenters. The van der Waals surface area contributed by atoms with E-state index < -0.39 is 0 Å². The van der Waals surface area contributed by atoms with E-state index in [4.69, 9.17) is 10.5 Å². The van der Waals surface area contributed by atoms with E-state index in [1.807, 2.05) is 12.1 Å². The molecule has 1 saturated carbocycles. The van der Waals surface area contributed by atoms with Gasteiger partial charge in [0.15, 0.2) is 0 Å². The highest BCUT2D eigenvalue weighted by atomic mass is 16.5. The van der Waals surface area contributed by atoms with Crippen molar-refractivity contribution in [2.45, 2.75) is 58.2 Å². The molecule has 0 aromatic heterocycles. The minimum Gasteiger partial charge on any atom is -0.496 e. The Kier molecular flexibility index (Phi) is 4.95. The van der Waals surface area contributed by atoms with Crippen LogP contribution in [0.25, 0.3) is 0 Å². The van der Waals surface area contributed by atoms with Crippen LogP contribution in [0.5, 0.6) is 5.75 Å². The van der Waals surface area contributed by atoms with Crippen molar-refractivity contribution in [3.8, 4) is 5.75 Å². The number of nitrogens with zero attached hydrogens (tertiary/aromatic N) is 1. The van der Waals surface area contributed by atoms with E-state index >= 15 is 0 Å². The lowest BCUT2D eigenvalue weighted by Gasteiger charge is -2.36. The van der Waals surface area contributed by atoms with Gasteiger partial charge in [0.25, 0.3) is 0 Å². The third-order valence-electron chi connectivity index (χ3n) is 5.33. The number of nitrogens with two attached hydrogens (primary N) is 1. The molecular formula is C18H30N2O. The highest BCUT2D eigenvalue weighted by Gasteiger charge is 2.42. The summed E-state index contributed by atoms with van der Waals surface area (Å²) in [4.78, 5) is 2.46. The summed E-state index contributed by atoms with van der Waals surface area (Å²) in [5.41, 5.74) is 8.00. The monoisotopic (exact) mass is 290 g/mol. The summed E-state index contributed by atoms with van der Waals surface area (Å²) in [5.74, 6) is 0.980. The van der Waals surface area contributed by atoms with Gasteiger partial charge in [-0.05, 0) is 50.3 Å². The lowest BCUT2D eigenvalue weighted by Crippen LogP contribution is -2.50. The zero-order valence-corrected chi connectivity index (χ0v) is 14.1.